The Bertz CT molecular complexity index is 258. The van der Waals surface area contributed by atoms with Crippen LogP contribution in [-0.2, 0) is 0 Å². The molecule has 1 rings (SSSR count). The van der Waals surface area contributed by atoms with Crippen molar-refractivity contribution in [2.75, 3.05) is 4.43 Å². The molecule has 14 heavy (non-hydrogen) atoms. The van der Waals surface area contributed by atoms with Crippen LogP contribution in [0.5, 0.6) is 0 Å². The van der Waals surface area contributed by atoms with Crippen LogP contribution >= 0.6 is 22.6 Å². The summed E-state index contributed by atoms with van der Waals surface area (Å²) < 4.78 is 1.15. The zero-order valence-electron chi connectivity index (χ0n) is 9.09. The Morgan fingerprint density at radius 1 is 1.57 bits per heavy atom. The maximum Gasteiger partial charge on any atom is 0.0211 e. The Morgan fingerprint density at radius 2 is 2.36 bits per heavy atom. The minimum absolute atomic E-state index is 0.661. The minimum Gasteiger partial charge on any atom is -0.0871 e. The summed E-state index contributed by atoms with van der Waals surface area (Å²) in [5.74, 6) is 0.661. The second-order valence-corrected chi connectivity index (χ2v) is 4.40. The molecule has 0 aromatic heterocycles. The average molecular weight is 302 g/mol. The summed E-state index contributed by atoms with van der Waals surface area (Å²) >= 11 is 2.46. The van der Waals surface area contributed by atoms with Crippen molar-refractivity contribution in [1.29, 1.82) is 0 Å². The van der Waals surface area contributed by atoms with E-state index in [0.29, 0.717) is 5.92 Å². The molecule has 0 saturated carbocycles. The molecule has 1 heteroatoms. The lowest BCUT2D eigenvalue weighted by molar-refractivity contribution is 0.693. The Hall–Kier alpha value is -0.0500. The molecule has 1 unspecified atom stereocenters. The van der Waals surface area contributed by atoms with Gasteiger partial charge in [-0.3, -0.25) is 0 Å². The molecule has 0 radical (unpaired) electrons. The summed E-state index contributed by atoms with van der Waals surface area (Å²) in [5.41, 5.74) is 3.11. The van der Waals surface area contributed by atoms with Gasteiger partial charge in [-0.15, -0.1) is 0 Å². The van der Waals surface area contributed by atoms with E-state index >= 15 is 0 Å². The van der Waals surface area contributed by atoms with Crippen LogP contribution in [0, 0.1) is 5.92 Å². The van der Waals surface area contributed by atoms with Crippen LogP contribution in [0.2, 0.25) is 0 Å². The van der Waals surface area contributed by atoms with Crippen LogP contribution in [0.3, 0.4) is 0 Å². The third kappa shape index (κ3) is 2.97. The fraction of sp³-hybridized carbons (Fsp3) is 0.538. The van der Waals surface area contributed by atoms with Crippen molar-refractivity contribution in [1.82, 2.24) is 0 Å². The summed E-state index contributed by atoms with van der Waals surface area (Å²) in [6, 6.07) is 0. The van der Waals surface area contributed by atoms with Crippen molar-refractivity contribution >= 4 is 22.6 Å². The standard InChI is InChI=1S/C13H19I/c1-3-11(10-14)13(4-2)12-8-6-5-7-9-12/h3,6,8-9,13H,4-5,7,10H2,1-2H3/b11-3+. The summed E-state index contributed by atoms with van der Waals surface area (Å²) in [4.78, 5) is 0. The van der Waals surface area contributed by atoms with Crippen LogP contribution in [-0.4, -0.2) is 4.43 Å². The molecule has 78 valence electrons. The van der Waals surface area contributed by atoms with Crippen LogP contribution in [0.4, 0.5) is 0 Å². The van der Waals surface area contributed by atoms with Gasteiger partial charge in [0, 0.05) is 10.3 Å². The van der Waals surface area contributed by atoms with Gasteiger partial charge in [-0.05, 0) is 31.8 Å². The van der Waals surface area contributed by atoms with Crippen molar-refractivity contribution in [3.63, 3.8) is 0 Å². The summed E-state index contributed by atoms with van der Waals surface area (Å²) in [5, 5.41) is 0. The molecule has 0 aromatic carbocycles. The predicted molar refractivity (Wildman–Crippen MR) is 72.9 cm³/mol. The van der Waals surface area contributed by atoms with Gasteiger partial charge in [0.2, 0.25) is 0 Å². The first kappa shape index (κ1) is 12.0. The first-order valence-corrected chi connectivity index (χ1v) is 6.93. The van der Waals surface area contributed by atoms with Crippen LogP contribution < -0.4 is 0 Å². The fourth-order valence-corrected chi connectivity index (χ4v) is 2.95. The molecule has 0 amide bonds. The first-order valence-electron chi connectivity index (χ1n) is 5.41. The van der Waals surface area contributed by atoms with Crippen molar-refractivity contribution in [2.24, 2.45) is 5.92 Å². The molecule has 0 fully saturated rings. The topological polar surface area (TPSA) is 0 Å². The third-order valence-corrected chi connectivity index (χ3v) is 3.69. The quantitative estimate of drug-likeness (QED) is 0.402. The molecule has 0 aliphatic heterocycles. The van der Waals surface area contributed by atoms with Gasteiger partial charge in [-0.25, -0.2) is 0 Å². The number of halogens is 1. The molecule has 1 aliphatic carbocycles. The molecule has 0 N–H and O–H groups in total. The summed E-state index contributed by atoms with van der Waals surface area (Å²) in [7, 11) is 0. The van der Waals surface area contributed by atoms with Crippen LogP contribution in [0.15, 0.2) is 35.5 Å². The lowest BCUT2D eigenvalue weighted by atomic mass is 9.86. The van der Waals surface area contributed by atoms with E-state index < -0.39 is 0 Å². The van der Waals surface area contributed by atoms with Crippen molar-refractivity contribution in [3.8, 4) is 0 Å². The highest BCUT2D eigenvalue weighted by molar-refractivity contribution is 14.1. The monoisotopic (exact) mass is 302 g/mol. The van der Waals surface area contributed by atoms with E-state index in [-0.39, 0.29) is 0 Å². The summed E-state index contributed by atoms with van der Waals surface area (Å²) in [6.45, 7) is 4.44. The first-order chi connectivity index (χ1) is 6.83. The Balaban J connectivity index is 2.80. The number of alkyl halides is 1. The molecular weight excluding hydrogens is 283 g/mol. The Labute approximate surface area is 101 Å². The highest BCUT2D eigenvalue weighted by Gasteiger charge is 2.14. The number of hydrogen-bond donors (Lipinski definition) is 0. The number of hydrogen-bond acceptors (Lipinski definition) is 0. The third-order valence-electron chi connectivity index (χ3n) is 2.81. The molecule has 0 aromatic rings. The SMILES string of the molecule is C/C=C(\CI)C(CC)C1=CCCC=C1. The second-order valence-electron chi connectivity index (χ2n) is 3.64. The van der Waals surface area contributed by atoms with Gasteiger partial charge in [0.15, 0.2) is 0 Å². The van der Waals surface area contributed by atoms with Crippen molar-refractivity contribution in [3.05, 3.63) is 35.5 Å². The second kappa shape index (κ2) is 6.44. The Morgan fingerprint density at radius 3 is 2.79 bits per heavy atom. The molecule has 0 heterocycles. The fourth-order valence-electron chi connectivity index (χ4n) is 1.98. The normalized spacial score (nSPS) is 19.4. The highest BCUT2D eigenvalue weighted by atomic mass is 127. The van der Waals surface area contributed by atoms with Gasteiger partial charge in [-0.1, -0.05) is 59.4 Å². The lowest BCUT2D eigenvalue weighted by Crippen LogP contribution is -2.07. The van der Waals surface area contributed by atoms with Crippen LogP contribution in [0.25, 0.3) is 0 Å². The molecule has 1 aliphatic rings. The molecule has 1 atom stereocenters. The van der Waals surface area contributed by atoms with E-state index in [1.807, 2.05) is 0 Å². The zero-order chi connectivity index (χ0) is 10.4. The molecular formula is C13H19I. The van der Waals surface area contributed by atoms with E-state index in [1.165, 1.54) is 24.8 Å². The predicted octanol–water partition coefficient (Wildman–Crippen LogP) is 4.67. The zero-order valence-corrected chi connectivity index (χ0v) is 11.3. The molecule has 0 saturated heterocycles. The number of rotatable bonds is 4. The molecule has 0 bridgehead atoms. The largest absolute Gasteiger partial charge is 0.0871 e. The van der Waals surface area contributed by atoms with Gasteiger partial charge < -0.3 is 0 Å². The summed E-state index contributed by atoms with van der Waals surface area (Å²) in [6.07, 6.45) is 13.0. The maximum absolute atomic E-state index is 2.46. The Kier molecular flexibility index (Phi) is 5.53. The van der Waals surface area contributed by atoms with Gasteiger partial charge >= 0.3 is 0 Å². The van der Waals surface area contributed by atoms with Gasteiger partial charge in [-0.2, -0.15) is 0 Å². The van der Waals surface area contributed by atoms with Gasteiger partial charge in [0.1, 0.15) is 0 Å². The highest BCUT2D eigenvalue weighted by Crippen LogP contribution is 2.28. The molecule has 0 nitrogen and oxygen atoms in total. The van der Waals surface area contributed by atoms with E-state index in [1.54, 1.807) is 5.57 Å². The maximum atomic E-state index is 2.46. The molecule has 0 spiro atoms. The van der Waals surface area contributed by atoms with Gasteiger partial charge in [0.25, 0.3) is 0 Å². The van der Waals surface area contributed by atoms with Gasteiger partial charge in [0.05, 0.1) is 0 Å². The van der Waals surface area contributed by atoms with Crippen molar-refractivity contribution < 1.29 is 0 Å². The number of allylic oxidation sites excluding steroid dienone is 6. The van der Waals surface area contributed by atoms with E-state index in [4.69, 9.17) is 0 Å². The van der Waals surface area contributed by atoms with Crippen molar-refractivity contribution in [2.45, 2.75) is 33.1 Å². The van der Waals surface area contributed by atoms with E-state index in [0.717, 1.165) is 4.43 Å². The van der Waals surface area contributed by atoms with E-state index in [2.05, 4.69) is 60.7 Å². The van der Waals surface area contributed by atoms with Crippen LogP contribution in [0.1, 0.15) is 33.1 Å². The lowest BCUT2D eigenvalue weighted by Gasteiger charge is -2.20. The smallest absolute Gasteiger partial charge is 0.0211 e. The van der Waals surface area contributed by atoms with E-state index in [9.17, 15) is 0 Å². The minimum atomic E-state index is 0.661. The average Bonchev–Trinajstić information content (AvgIpc) is 2.27.